The van der Waals surface area contributed by atoms with Gasteiger partial charge in [0.15, 0.2) is 0 Å². The van der Waals surface area contributed by atoms with Crippen molar-refractivity contribution in [3.63, 3.8) is 0 Å². The van der Waals surface area contributed by atoms with E-state index in [-0.39, 0.29) is 0 Å². The molecule has 0 saturated heterocycles. The molecule has 0 aliphatic carbocycles. The van der Waals surface area contributed by atoms with E-state index in [1.807, 2.05) is 28.8 Å². The SMILES string of the molecule is CCc1nncn1-c1ccc(OCc2ccc(C)cc2)cc1. The quantitative estimate of drug-likeness (QED) is 0.720. The highest BCUT2D eigenvalue weighted by Crippen LogP contribution is 2.17. The van der Waals surface area contributed by atoms with Crippen LogP contribution in [-0.4, -0.2) is 14.8 Å². The minimum absolute atomic E-state index is 0.576. The highest BCUT2D eigenvalue weighted by molar-refractivity contribution is 5.38. The smallest absolute Gasteiger partial charge is 0.137 e. The Morgan fingerprint density at radius 3 is 2.41 bits per heavy atom. The van der Waals surface area contributed by atoms with E-state index in [1.54, 1.807) is 6.33 Å². The fourth-order valence-corrected chi connectivity index (χ4v) is 2.27. The second kappa shape index (κ2) is 6.43. The third-order valence-corrected chi connectivity index (χ3v) is 3.58. The van der Waals surface area contributed by atoms with Crippen LogP contribution in [0.5, 0.6) is 5.75 Å². The summed E-state index contributed by atoms with van der Waals surface area (Å²) in [5, 5.41) is 8.05. The topological polar surface area (TPSA) is 39.9 Å². The van der Waals surface area contributed by atoms with Gasteiger partial charge in [0.25, 0.3) is 0 Å². The highest BCUT2D eigenvalue weighted by Gasteiger charge is 2.04. The van der Waals surface area contributed by atoms with Crippen LogP contribution in [0.25, 0.3) is 5.69 Å². The lowest BCUT2D eigenvalue weighted by Gasteiger charge is -2.09. The zero-order chi connectivity index (χ0) is 15.4. The first-order valence-electron chi connectivity index (χ1n) is 7.44. The van der Waals surface area contributed by atoms with Crippen LogP contribution in [0, 0.1) is 6.92 Å². The molecule has 0 unspecified atom stereocenters. The molecule has 0 amide bonds. The van der Waals surface area contributed by atoms with Gasteiger partial charge in [0.1, 0.15) is 24.5 Å². The second-order valence-electron chi connectivity index (χ2n) is 5.24. The monoisotopic (exact) mass is 293 g/mol. The summed E-state index contributed by atoms with van der Waals surface area (Å²) in [6.45, 7) is 4.73. The van der Waals surface area contributed by atoms with Crippen molar-refractivity contribution in [1.82, 2.24) is 14.8 Å². The molecule has 0 bridgehead atoms. The number of ether oxygens (including phenoxy) is 1. The van der Waals surface area contributed by atoms with Gasteiger partial charge in [-0.3, -0.25) is 4.57 Å². The molecule has 0 atom stereocenters. The molecule has 0 aliphatic rings. The van der Waals surface area contributed by atoms with Crippen LogP contribution in [0.1, 0.15) is 23.9 Å². The molecule has 4 heteroatoms. The van der Waals surface area contributed by atoms with Gasteiger partial charge >= 0.3 is 0 Å². The van der Waals surface area contributed by atoms with Crippen molar-refractivity contribution in [1.29, 1.82) is 0 Å². The molecule has 1 heterocycles. The van der Waals surface area contributed by atoms with Crippen LogP contribution >= 0.6 is 0 Å². The number of benzene rings is 2. The van der Waals surface area contributed by atoms with E-state index in [2.05, 4.69) is 48.3 Å². The predicted octanol–water partition coefficient (Wildman–Crippen LogP) is 3.72. The van der Waals surface area contributed by atoms with Crippen LogP contribution in [0.2, 0.25) is 0 Å². The first-order valence-corrected chi connectivity index (χ1v) is 7.44. The molecule has 0 N–H and O–H groups in total. The highest BCUT2D eigenvalue weighted by atomic mass is 16.5. The van der Waals surface area contributed by atoms with E-state index >= 15 is 0 Å². The largest absolute Gasteiger partial charge is 0.489 e. The maximum atomic E-state index is 5.82. The Labute approximate surface area is 130 Å². The Kier molecular flexibility index (Phi) is 4.19. The average molecular weight is 293 g/mol. The molecule has 22 heavy (non-hydrogen) atoms. The van der Waals surface area contributed by atoms with E-state index in [1.165, 1.54) is 11.1 Å². The molecule has 2 aromatic carbocycles. The molecule has 0 spiro atoms. The Bertz CT molecular complexity index is 730. The maximum Gasteiger partial charge on any atom is 0.137 e. The van der Waals surface area contributed by atoms with Gasteiger partial charge in [-0.1, -0.05) is 36.8 Å². The normalized spacial score (nSPS) is 10.6. The predicted molar refractivity (Wildman–Crippen MR) is 86.2 cm³/mol. The second-order valence-corrected chi connectivity index (χ2v) is 5.24. The maximum absolute atomic E-state index is 5.82. The lowest BCUT2D eigenvalue weighted by molar-refractivity contribution is 0.306. The summed E-state index contributed by atoms with van der Waals surface area (Å²) in [5.74, 6) is 1.81. The van der Waals surface area contributed by atoms with Crippen LogP contribution in [0.3, 0.4) is 0 Å². The van der Waals surface area contributed by atoms with Crippen LogP contribution < -0.4 is 4.74 Å². The van der Waals surface area contributed by atoms with Crippen LogP contribution in [0.15, 0.2) is 54.9 Å². The van der Waals surface area contributed by atoms with Gasteiger partial charge in [-0.15, -0.1) is 10.2 Å². The zero-order valence-electron chi connectivity index (χ0n) is 12.9. The lowest BCUT2D eigenvalue weighted by Crippen LogP contribution is -1.99. The molecular weight excluding hydrogens is 274 g/mol. The molecule has 4 nitrogen and oxygen atoms in total. The molecule has 1 aromatic heterocycles. The van der Waals surface area contributed by atoms with Crippen LogP contribution in [-0.2, 0) is 13.0 Å². The van der Waals surface area contributed by atoms with Crippen molar-refractivity contribution in [2.45, 2.75) is 26.9 Å². The van der Waals surface area contributed by atoms with E-state index in [9.17, 15) is 0 Å². The van der Waals surface area contributed by atoms with Gasteiger partial charge in [0.2, 0.25) is 0 Å². The number of hydrogen-bond acceptors (Lipinski definition) is 3. The summed E-state index contributed by atoms with van der Waals surface area (Å²) in [6, 6.07) is 16.4. The van der Waals surface area contributed by atoms with Gasteiger partial charge < -0.3 is 4.74 Å². The Balaban J connectivity index is 1.68. The Morgan fingerprint density at radius 1 is 1.00 bits per heavy atom. The first-order chi connectivity index (χ1) is 10.8. The van der Waals surface area contributed by atoms with E-state index in [0.717, 1.165) is 23.7 Å². The standard InChI is InChI=1S/C18H19N3O/c1-3-18-20-19-13-21(18)16-8-10-17(11-9-16)22-12-15-6-4-14(2)5-7-15/h4-11,13H,3,12H2,1-2H3. The van der Waals surface area contributed by atoms with Gasteiger partial charge in [-0.25, -0.2) is 0 Å². The first kappa shape index (κ1) is 14.3. The van der Waals surface area contributed by atoms with Crippen molar-refractivity contribution in [2.75, 3.05) is 0 Å². The number of nitrogens with zero attached hydrogens (tertiary/aromatic N) is 3. The molecule has 3 rings (SSSR count). The van der Waals surface area contributed by atoms with Gasteiger partial charge in [-0.2, -0.15) is 0 Å². The number of hydrogen-bond donors (Lipinski definition) is 0. The summed E-state index contributed by atoms with van der Waals surface area (Å²) in [6.07, 6.45) is 2.59. The summed E-state index contributed by atoms with van der Waals surface area (Å²) in [5.41, 5.74) is 3.47. The third kappa shape index (κ3) is 3.17. The Hall–Kier alpha value is -2.62. The lowest BCUT2D eigenvalue weighted by atomic mass is 10.2. The summed E-state index contributed by atoms with van der Waals surface area (Å²) in [4.78, 5) is 0. The molecule has 0 fully saturated rings. The fraction of sp³-hybridized carbons (Fsp3) is 0.222. The molecule has 0 radical (unpaired) electrons. The molecular formula is C18H19N3O. The summed E-state index contributed by atoms with van der Waals surface area (Å²) >= 11 is 0. The fourth-order valence-electron chi connectivity index (χ4n) is 2.27. The van der Waals surface area contributed by atoms with Crippen molar-refractivity contribution >= 4 is 0 Å². The summed E-state index contributed by atoms with van der Waals surface area (Å²) in [7, 11) is 0. The molecule has 3 aromatic rings. The average Bonchev–Trinajstić information content (AvgIpc) is 3.03. The molecule has 0 saturated carbocycles. The minimum atomic E-state index is 0.576. The number of rotatable bonds is 5. The van der Waals surface area contributed by atoms with Crippen molar-refractivity contribution in [3.05, 3.63) is 71.8 Å². The third-order valence-electron chi connectivity index (χ3n) is 3.58. The molecule has 0 aliphatic heterocycles. The van der Waals surface area contributed by atoms with E-state index in [0.29, 0.717) is 6.61 Å². The van der Waals surface area contributed by atoms with Gasteiger partial charge in [0, 0.05) is 12.1 Å². The van der Waals surface area contributed by atoms with Crippen molar-refractivity contribution in [2.24, 2.45) is 0 Å². The zero-order valence-corrected chi connectivity index (χ0v) is 12.9. The van der Waals surface area contributed by atoms with E-state index < -0.39 is 0 Å². The number of aryl methyl sites for hydroxylation is 2. The van der Waals surface area contributed by atoms with E-state index in [4.69, 9.17) is 4.74 Å². The minimum Gasteiger partial charge on any atom is -0.489 e. The van der Waals surface area contributed by atoms with Crippen molar-refractivity contribution < 1.29 is 4.74 Å². The molecule has 112 valence electrons. The summed E-state index contributed by atoms with van der Waals surface area (Å²) < 4.78 is 7.81. The number of aromatic nitrogens is 3. The van der Waals surface area contributed by atoms with Gasteiger partial charge in [0.05, 0.1) is 0 Å². The van der Waals surface area contributed by atoms with Crippen LogP contribution in [0.4, 0.5) is 0 Å². The van der Waals surface area contributed by atoms with Gasteiger partial charge in [-0.05, 0) is 36.8 Å². The van der Waals surface area contributed by atoms with Crippen molar-refractivity contribution in [3.8, 4) is 11.4 Å². The Morgan fingerprint density at radius 2 is 1.73 bits per heavy atom.